The Balaban J connectivity index is 2.10. The van der Waals surface area contributed by atoms with Gasteiger partial charge in [-0.2, -0.15) is 0 Å². The second-order valence-corrected chi connectivity index (χ2v) is 5.73. The third-order valence-corrected chi connectivity index (χ3v) is 4.01. The summed E-state index contributed by atoms with van der Waals surface area (Å²) in [6, 6.07) is 11.8. The van der Waals surface area contributed by atoms with E-state index in [4.69, 9.17) is 27.9 Å². The van der Waals surface area contributed by atoms with Gasteiger partial charge in [0, 0.05) is 22.0 Å². The molecule has 0 aliphatic carbocycles. The minimum atomic E-state index is 0.0132. The van der Waals surface area contributed by atoms with Gasteiger partial charge >= 0.3 is 0 Å². The van der Waals surface area contributed by atoms with Gasteiger partial charge in [0.15, 0.2) is 0 Å². The molecule has 0 saturated carbocycles. The number of hydrogen-bond donors (Lipinski definition) is 1. The highest BCUT2D eigenvalue weighted by Crippen LogP contribution is 2.38. The third-order valence-electron chi connectivity index (χ3n) is 3.56. The minimum Gasteiger partial charge on any atom is -0.493 e. The van der Waals surface area contributed by atoms with Gasteiger partial charge in [0.05, 0.1) is 12.6 Å². The molecule has 1 aliphatic rings. The number of benzene rings is 2. The van der Waals surface area contributed by atoms with Crippen molar-refractivity contribution in [3.63, 3.8) is 0 Å². The molecule has 0 saturated heterocycles. The van der Waals surface area contributed by atoms with Gasteiger partial charge in [-0.05, 0) is 42.4 Å². The molecule has 3 rings (SSSR count). The lowest BCUT2D eigenvalue weighted by Crippen LogP contribution is -2.18. The van der Waals surface area contributed by atoms with Crippen molar-refractivity contribution in [2.45, 2.75) is 12.5 Å². The van der Waals surface area contributed by atoms with Gasteiger partial charge in [0.2, 0.25) is 0 Å². The molecule has 1 atom stereocenters. The van der Waals surface area contributed by atoms with Gasteiger partial charge in [-0.3, -0.25) is 0 Å². The van der Waals surface area contributed by atoms with Crippen LogP contribution < -0.4 is 10.1 Å². The van der Waals surface area contributed by atoms with Crippen LogP contribution in [0.2, 0.25) is 10.0 Å². The SMILES string of the molecule is CNC(c1cccc(Cl)c1)c1cc(Cl)cc2c1OCC2. The Morgan fingerprint density at radius 3 is 2.75 bits per heavy atom. The Labute approximate surface area is 128 Å². The molecule has 2 aromatic carbocycles. The Morgan fingerprint density at radius 1 is 1.15 bits per heavy atom. The van der Waals surface area contributed by atoms with Gasteiger partial charge in [-0.15, -0.1) is 0 Å². The van der Waals surface area contributed by atoms with Crippen LogP contribution in [0.25, 0.3) is 0 Å². The number of halogens is 2. The Hall–Kier alpha value is -1.22. The predicted molar refractivity (Wildman–Crippen MR) is 83.0 cm³/mol. The molecule has 0 fully saturated rings. The lowest BCUT2D eigenvalue weighted by atomic mass is 9.96. The van der Waals surface area contributed by atoms with E-state index in [1.807, 2.05) is 37.4 Å². The highest BCUT2D eigenvalue weighted by Gasteiger charge is 2.23. The molecule has 4 heteroatoms. The zero-order valence-corrected chi connectivity index (χ0v) is 12.6. The van der Waals surface area contributed by atoms with Crippen LogP contribution in [0, 0.1) is 0 Å². The van der Waals surface area contributed by atoms with Crippen LogP contribution in [-0.4, -0.2) is 13.7 Å². The first-order chi connectivity index (χ1) is 9.69. The third kappa shape index (κ3) is 2.51. The second-order valence-electron chi connectivity index (χ2n) is 4.86. The van der Waals surface area contributed by atoms with Crippen molar-refractivity contribution < 1.29 is 4.74 Å². The van der Waals surface area contributed by atoms with E-state index in [1.165, 1.54) is 5.56 Å². The quantitative estimate of drug-likeness (QED) is 0.916. The molecule has 0 spiro atoms. The topological polar surface area (TPSA) is 21.3 Å². The number of ether oxygens (including phenoxy) is 1. The first-order valence-corrected chi connectivity index (χ1v) is 7.32. The molecule has 1 N–H and O–H groups in total. The summed E-state index contributed by atoms with van der Waals surface area (Å²) in [5, 5.41) is 4.79. The van der Waals surface area contributed by atoms with E-state index < -0.39 is 0 Å². The molecule has 2 nitrogen and oxygen atoms in total. The number of nitrogens with one attached hydrogen (secondary N) is 1. The van der Waals surface area contributed by atoms with Gasteiger partial charge in [0.25, 0.3) is 0 Å². The Morgan fingerprint density at radius 2 is 2.00 bits per heavy atom. The maximum absolute atomic E-state index is 6.24. The molecule has 1 unspecified atom stereocenters. The van der Waals surface area contributed by atoms with E-state index in [-0.39, 0.29) is 6.04 Å². The maximum Gasteiger partial charge on any atom is 0.127 e. The van der Waals surface area contributed by atoms with E-state index in [0.717, 1.165) is 33.3 Å². The first kappa shape index (κ1) is 13.7. The smallest absolute Gasteiger partial charge is 0.127 e. The number of hydrogen-bond acceptors (Lipinski definition) is 2. The van der Waals surface area contributed by atoms with Crippen molar-refractivity contribution in [1.29, 1.82) is 0 Å². The summed E-state index contributed by atoms with van der Waals surface area (Å²) < 4.78 is 5.79. The van der Waals surface area contributed by atoms with Gasteiger partial charge in [0.1, 0.15) is 5.75 Å². The predicted octanol–water partition coefficient (Wildman–Crippen LogP) is 4.24. The molecule has 20 heavy (non-hydrogen) atoms. The van der Waals surface area contributed by atoms with E-state index in [2.05, 4.69) is 11.4 Å². The summed E-state index contributed by atoms with van der Waals surface area (Å²) in [4.78, 5) is 0. The summed E-state index contributed by atoms with van der Waals surface area (Å²) in [7, 11) is 1.92. The molecular formula is C16H15Cl2NO. The van der Waals surface area contributed by atoms with Crippen LogP contribution in [0.3, 0.4) is 0 Å². The summed E-state index contributed by atoms with van der Waals surface area (Å²) in [5.41, 5.74) is 3.34. The highest BCUT2D eigenvalue weighted by atomic mass is 35.5. The van der Waals surface area contributed by atoms with Gasteiger partial charge in [-0.25, -0.2) is 0 Å². The lowest BCUT2D eigenvalue weighted by molar-refractivity contribution is 0.351. The van der Waals surface area contributed by atoms with Crippen molar-refractivity contribution in [1.82, 2.24) is 5.32 Å². The molecule has 0 radical (unpaired) electrons. The van der Waals surface area contributed by atoms with E-state index in [0.29, 0.717) is 6.61 Å². The van der Waals surface area contributed by atoms with Crippen LogP contribution in [0.15, 0.2) is 36.4 Å². The summed E-state index contributed by atoms with van der Waals surface area (Å²) in [6.45, 7) is 0.717. The molecule has 1 aliphatic heterocycles. The van der Waals surface area contributed by atoms with Crippen LogP contribution in [0.1, 0.15) is 22.7 Å². The average Bonchev–Trinajstić information content (AvgIpc) is 2.87. The van der Waals surface area contributed by atoms with Crippen LogP contribution in [-0.2, 0) is 6.42 Å². The number of fused-ring (bicyclic) bond motifs is 1. The van der Waals surface area contributed by atoms with Crippen molar-refractivity contribution in [2.24, 2.45) is 0 Å². The molecular weight excluding hydrogens is 293 g/mol. The zero-order chi connectivity index (χ0) is 14.1. The molecule has 0 bridgehead atoms. The fourth-order valence-electron chi connectivity index (χ4n) is 2.70. The minimum absolute atomic E-state index is 0.0132. The van der Waals surface area contributed by atoms with Crippen molar-refractivity contribution in [3.05, 3.63) is 63.1 Å². The summed E-state index contributed by atoms with van der Waals surface area (Å²) >= 11 is 12.3. The molecule has 1 heterocycles. The monoisotopic (exact) mass is 307 g/mol. The van der Waals surface area contributed by atoms with Gasteiger partial charge in [-0.1, -0.05) is 35.3 Å². The summed E-state index contributed by atoms with van der Waals surface area (Å²) in [5.74, 6) is 0.953. The van der Waals surface area contributed by atoms with Crippen molar-refractivity contribution >= 4 is 23.2 Å². The van der Waals surface area contributed by atoms with Crippen LogP contribution in [0.4, 0.5) is 0 Å². The number of rotatable bonds is 3. The molecule has 0 amide bonds. The average molecular weight is 308 g/mol. The molecule has 0 aromatic heterocycles. The lowest BCUT2D eigenvalue weighted by Gasteiger charge is -2.20. The fraction of sp³-hybridized carbons (Fsp3) is 0.250. The van der Waals surface area contributed by atoms with Crippen molar-refractivity contribution in [3.8, 4) is 5.75 Å². The molecule has 104 valence electrons. The van der Waals surface area contributed by atoms with Crippen LogP contribution in [0.5, 0.6) is 5.75 Å². The van der Waals surface area contributed by atoms with E-state index in [9.17, 15) is 0 Å². The standard InChI is InChI=1S/C16H15Cl2NO/c1-19-15(10-3-2-4-12(17)7-10)14-9-13(18)8-11-5-6-20-16(11)14/h2-4,7-9,15,19H,5-6H2,1H3. The largest absolute Gasteiger partial charge is 0.493 e. The highest BCUT2D eigenvalue weighted by molar-refractivity contribution is 6.31. The van der Waals surface area contributed by atoms with E-state index >= 15 is 0 Å². The fourth-order valence-corrected chi connectivity index (χ4v) is 3.15. The summed E-state index contributed by atoms with van der Waals surface area (Å²) in [6.07, 6.45) is 0.912. The molecule has 2 aromatic rings. The second kappa shape index (κ2) is 5.65. The van der Waals surface area contributed by atoms with Crippen molar-refractivity contribution in [2.75, 3.05) is 13.7 Å². The Kier molecular flexibility index (Phi) is 3.88. The van der Waals surface area contributed by atoms with Gasteiger partial charge < -0.3 is 10.1 Å². The first-order valence-electron chi connectivity index (χ1n) is 6.57. The maximum atomic E-state index is 6.24. The zero-order valence-electron chi connectivity index (χ0n) is 11.1. The normalized spacial score (nSPS) is 14.8. The Bertz CT molecular complexity index is 642. The van der Waals surface area contributed by atoms with Crippen LogP contribution >= 0.6 is 23.2 Å². The van der Waals surface area contributed by atoms with E-state index in [1.54, 1.807) is 0 Å².